The van der Waals surface area contributed by atoms with Gasteiger partial charge in [-0.2, -0.15) is 0 Å². The molecule has 3 rings (SSSR count). The molecule has 0 atom stereocenters. The lowest BCUT2D eigenvalue weighted by Crippen LogP contribution is -2.15. The van der Waals surface area contributed by atoms with Gasteiger partial charge >= 0.3 is 0 Å². The van der Waals surface area contributed by atoms with E-state index >= 15 is 0 Å². The molecule has 0 spiro atoms. The van der Waals surface area contributed by atoms with Crippen molar-refractivity contribution in [2.24, 2.45) is 0 Å². The first kappa shape index (κ1) is 13.5. The highest BCUT2D eigenvalue weighted by Gasteiger charge is 2.20. The van der Waals surface area contributed by atoms with Crippen LogP contribution in [0.25, 0.3) is 0 Å². The van der Waals surface area contributed by atoms with Gasteiger partial charge in [0, 0.05) is 45.4 Å². The van der Waals surface area contributed by atoms with Crippen LogP contribution in [-0.2, 0) is 13.1 Å². The normalized spacial score (nSPS) is 14.8. The van der Waals surface area contributed by atoms with Crippen molar-refractivity contribution >= 4 is 43.7 Å². The lowest BCUT2D eigenvalue weighted by Gasteiger charge is -2.13. The molecular weight excluding hydrogens is 342 g/mol. The van der Waals surface area contributed by atoms with Crippen LogP contribution in [0, 0.1) is 0 Å². The maximum Gasteiger partial charge on any atom is 0.185 e. The summed E-state index contributed by atoms with van der Waals surface area (Å²) in [6.07, 6.45) is 4.66. The zero-order valence-corrected chi connectivity index (χ0v) is 13.9. The first-order valence-electron chi connectivity index (χ1n) is 6.33. The van der Waals surface area contributed by atoms with Crippen molar-refractivity contribution in [1.29, 1.82) is 0 Å². The molecule has 3 nitrogen and oxygen atoms in total. The Morgan fingerprint density at radius 2 is 2.32 bits per heavy atom. The SMILES string of the molecule is CN(Cc1cc(Br)cs1)c1ncc(CNC2CC2)s1. The van der Waals surface area contributed by atoms with E-state index in [1.54, 1.807) is 22.7 Å². The smallest absolute Gasteiger partial charge is 0.185 e. The summed E-state index contributed by atoms with van der Waals surface area (Å²) in [6, 6.07) is 2.93. The molecule has 102 valence electrons. The van der Waals surface area contributed by atoms with Crippen molar-refractivity contribution < 1.29 is 0 Å². The van der Waals surface area contributed by atoms with Gasteiger partial charge in [0.15, 0.2) is 5.13 Å². The molecule has 0 saturated heterocycles. The first-order valence-corrected chi connectivity index (χ1v) is 8.82. The summed E-state index contributed by atoms with van der Waals surface area (Å²) in [6.45, 7) is 1.87. The summed E-state index contributed by atoms with van der Waals surface area (Å²) >= 11 is 7.05. The number of nitrogens with zero attached hydrogens (tertiary/aromatic N) is 2. The Morgan fingerprint density at radius 3 is 3.00 bits per heavy atom. The third-order valence-corrected chi connectivity index (χ3v) is 5.82. The molecule has 2 aromatic rings. The average Bonchev–Trinajstić information content (AvgIpc) is 2.94. The Hall–Kier alpha value is -0.430. The molecular formula is C13H16BrN3S2. The summed E-state index contributed by atoms with van der Waals surface area (Å²) in [4.78, 5) is 9.40. The lowest BCUT2D eigenvalue weighted by molar-refractivity contribution is 0.694. The van der Waals surface area contributed by atoms with Crippen LogP contribution in [0.4, 0.5) is 5.13 Å². The molecule has 6 heteroatoms. The van der Waals surface area contributed by atoms with Gasteiger partial charge in [0.25, 0.3) is 0 Å². The predicted octanol–water partition coefficient (Wildman–Crippen LogP) is 3.86. The number of hydrogen-bond donors (Lipinski definition) is 1. The van der Waals surface area contributed by atoms with Crippen LogP contribution < -0.4 is 10.2 Å². The highest BCUT2D eigenvalue weighted by molar-refractivity contribution is 9.10. The van der Waals surface area contributed by atoms with E-state index in [0.717, 1.165) is 28.7 Å². The van der Waals surface area contributed by atoms with Crippen LogP contribution in [0.2, 0.25) is 0 Å². The zero-order chi connectivity index (χ0) is 13.2. The molecule has 1 aliphatic carbocycles. The Morgan fingerprint density at radius 1 is 1.47 bits per heavy atom. The standard InChI is InChI=1S/C13H16BrN3S2/c1-17(7-11-4-9(14)8-18-11)13-16-6-12(19-13)5-15-10-2-3-10/h4,6,8,10,15H,2-3,5,7H2,1H3. The molecule has 0 radical (unpaired) electrons. The molecule has 0 aromatic carbocycles. The number of thiophene rings is 1. The van der Waals surface area contributed by atoms with E-state index in [-0.39, 0.29) is 0 Å². The fourth-order valence-electron chi connectivity index (χ4n) is 1.83. The summed E-state index contributed by atoms with van der Waals surface area (Å²) < 4.78 is 1.16. The highest BCUT2D eigenvalue weighted by Crippen LogP contribution is 2.27. The number of hydrogen-bond acceptors (Lipinski definition) is 5. The van der Waals surface area contributed by atoms with Crippen molar-refractivity contribution in [2.75, 3.05) is 11.9 Å². The fraction of sp³-hybridized carbons (Fsp3) is 0.462. The minimum Gasteiger partial charge on any atom is -0.346 e. The van der Waals surface area contributed by atoms with Gasteiger partial charge in [0.1, 0.15) is 0 Å². The third kappa shape index (κ3) is 3.78. The predicted molar refractivity (Wildman–Crippen MR) is 86.1 cm³/mol. The van der Waals surface area contributed by atoms with Gasteiger partial charge in [-0.25, -0.2) is 4.98 Å². The molecule has 2 heterocycles. The number of halogens is 1. The van der Waals surface area contributed by atoms with Crippen LogP contribution in [0.15, 0.2) is 22.1 Å². The Labute approximate surface area is 129 Å². The quantitative estimate of drug-likeness (QED) is 0.850. The van der Waals surface area contributed by atoms with Crippen LogP contribution in [0.3, 0.4) is 0 Å². The first-order chi connectivity index (χ1) is 9.20. The van der Waals surface area contributed by atoms with Crippen LogP contribution >= 0.6 is 38.6 Å². The van der Waals surface area contributed by atoms with Crippen molar-refractivity contribution in [3.8, 4) is 0 Å². The van der Waals surface area contributed by atoms with E-state index < -0.39 is 0 Å². The zero-order valence-electron chi connectivity index (χ0n) is 10.7. The maximum atomic E-state index is 4.51. The van der Waals surface area contributed by atoms with E-state index in [1.165, 1.54) is 22.6 Å². The van der Waals surface area contributed by atoms with Crippen molar-refractivity contribution in [3.63, 3.8) is 0 Å². The van der Waals surface area contributed by atoms with Crippen molar-refractivity contribution in [2.45, 2.75) is 32.0 Å². The van der Waals surface area contributed by atoms with Gasteiger partial charge in [-0.1, -0.05) is 0 Å². The van der Waals surface area contributed by atoms with Gasteiger partial charge < -0.3 is 10.2 Å². The highest BCUT2D eigenvalue weighted by atomic mass is 79.9. The molecule has 19 heavy (non-hydrogen) atoms. The van der Waals surface area contributed by atoms with Gasteiger partial charge in [0.2, 0.25) is 0 Å². The monoisotopic (exact) mass is 357 g/mol. The molecule has 0 bridgehead atoms. The molecule has 0 aliphatic heterocycles. The van der Waals surface area contributed by atoms with Gasteiger partial charge in [0.05, 0.1) is 6.54 Å². The molecule has 1 saturated carbocycles. The van der Waals surface area contributed by atoms with Crippen LogP contribution in [-0.4, -0.2) is 18.1 Å². The lowest BCUT2D eigenvalue weighted by atomic mass is 10.4. The minimum atomic E-state index is 0.756. The number of aromatic nitrogens is 1. The van der Waals surface area contributed by atoms with Crippen LogP contribution in [0.5, 0.6) is 0 Å². The van der Waals surface area contributed by atoms with E-state index in [0.29, 0.717) is 0 Å². The molecule has 2 aromatic heterocycles. The minimum absolute atomic E-state index is 0.756. The number of nitrogens with one attached hydrogen (secondary N) is 1. The fourth-order valence-corrected chi connectivity index (χ4v) is 4.15. The Bertz CT molecular complexity index is 548. The number of rotatable bonds is 6. The largest absolute Gasteiger partial charge is 0.346 e. The molecule has 1 fully saturated rings. The van der Waals surface area contributed by atoms with Crippen LogP contribution in [0.1, 0.15) is 22.6 Å². The van der Waals surface area contributed by atoms with Gasteiger partial charge in [-0.15, -0.1) is 22.7 Å². The average molecular weight is 358 g/mol. The van der Waals surface area contributed by atoms with Crippen molar-refractivity contribution in [3.05, 3.63) is 31.9 Å². The van der Waals surface area contributed by atoms with E-state index in [9.17, 15) is 0 Å². The van der Waals surface area contributed by atoms with Crippen molar-refractivity contribution in [1.82, 2.24) is 10.3 Å². The molecule has 0 amide bonds. The summed E-state index contributed by atoms with van der Waals surface area (Å²) in [5, 5.41) is 6.74. The molecule has 0 unspecified atom stereocenters. The summed E-state index contributed by atoms with van der Waals surface area (Å²) in [5.41, 5.74) is 0. The van der Waals surface area contributed by atoms with Gasteiger partial charge in [-0.3, -0.25) is 0 Å². The third-order valence-electron chi connectivity index (χ3n) is 3.02. The maximum absolute atomic E-state index is 4.51. The molecule has 1 N–H and O–H groups in total. The second-order valence-electron chi connectivity index (χ2n) is 4.85. The second kappa shape index (κ2) is 5.91. The topological polar surface area (TPSA) is 28.2 Å². The summed E-state index contributed by atoms with van der Waals surface area (Å²) in [5.74, 6) is 0. The number of anilines is 1. The number of thiazole rings is 1. The van der Waals surface area contributed by atoms with Gasteiger partial charge in [-0.05, 0) is 34.8 Å². The summed E-state index contributed by atoms with van der Waals surface area (Å²) in [7, 11) is 2.10. The second-order valence-corrected chi connectivity index (χ2v) is 7.86. The van der Waals surface area contributed by atoms with E-state index in [4.69, 9.17) is 0 Å². The molecule has 1 aliphatic rings. The Kier molecular flexibility index (Phi) is 4.21. The van der Waals surface area contributed by atoms with E-state index in [1.807, 2.05) is 6.20 Å². The van der Waals surface area contributed by atoms with E-state index in [2.05, 4.69) is 49.6 Å². The Balaban J connectivity index is 1.57.